The maximum absolute atomic E-state index is 8.25. The van der Waals surface area contributed by atoms with E-state index in [2.05, 4.69) is 26.7 Å². The van der Waals surface area contributed by atoms with Gasteiger partial charge in [0.1, 0.15) is 0 Å². The molecule has 2 saturated heterocycles. The molecule has 0 aliphatic carbocycles. The molecule has 0 saturated carbocycles. The standard InChI is InChI=1S/C12H23N5/c1-11-9-17-7-3-2-5-12(17)10-16(11)8-4-6-14-15-13/h11-12H,2-10H2,1H3. The molecule has 2 rings (SSSR count). The first-order chi connectivity index (χ1) is 8.31. The molecule has 0 radical (unpaired) electrons. The van der Waals surface area contributed by atoms with Gasteiger partial charge in [-0.25, -0.2) is 0 Å². The highest BCUT2D eigenvalue weighted by Gasteiger charge is 2.32. The van der Waals surface area contributed by atoms with Gasteiger partial charge in [-0.2, -0.15) is 0 Å². The Bertz CT molecular complexity index is 287. The van der Waals surface area contributed by atoms with E-state index in [1.807, 2.05) is 0 Å². The Morgan fingerprint density at radius 1 is 1.35 bits per heavy atom. The smallest absolute Gasteiger partial charge is 0.0270 e. The number of piperazine rings is 1. The molecule has 0 bridgehead atoms. The van der Waals surface area contributed by atoms with Crippen LogP contribution in [0.5, 0.6) is 0 Å². The fourth-order valence-electron chi connectivity index (χ4n) is 3.11. The molecule has 5 heteroatoms. The number of fused-ring (bicyclic) bond motifs is 1. The van der Waals surface area contributed by atoms with Crippen LogP contribution < -0.4 is 0 Å². The molecule has 17 heavy (non-hydrogen) atoms. The summed E-state index contributed by atoms with van der Waals surface area (Å²) >= 11 is 0. The summed E-state index contributed by atoms with van der Waals surface area (Å²) in [6.07, 6.45) is 5.11. The SMILES string of the molecule is CC1CN2CCCCC2CN1CCCN=[N+]=[N-]. The molecule has 2 aliphatic heterocycles. The molecule has 0 aromatic carbocycles. The first-order valence-electron chi connectivity index (χ1n) is 6.80. The number of rotatable bonds is 4. The van der Waals surface area contributed by atoms with Crippen LogP contribution in [0.4, 0.5) is 0 Å². The van der Waals surface area contributed by atoms with E-state index in [1.165, 1.54) is 38.9 Å². The van der Waals surface area contributed by atoms with Gasteiger partial charge < -0.3 is 0 Å². The first kappa shape index (κ1) is 12.7. The Balaban J connectivity index is 1.79. The quantitative estimate of drug-likeness (QED) is 0.326. The van der Waals surface area contributed by atoms with Crippen LogP contribution in [-0.4, -0.2) is 54.6 Å². The second kappa shape index (κ2) is 6.24. The summed E-state index contributed by atoms with van der Waals surface area (Å²) in [5, 5.41) is 3.61. The lowest BCUT2D eigenvalue weighted by atomic mass is 9.97. The van der Waals surface area contributed by atoms with E-state index in [0.29, 0.717) is 12.6 Å². The Kier molecular flexibility index (Phi) is 4.66. The lowest BCUT2D eigenvalue weighted by Gasteiger charge is -2.47. The molecule has 2 fully saturated rings. The van der Waals surface area contributed by atoms with Crippen molar-refractivity contribution in [3.8, 4) is 0 Å². The van der Waals surface area contributed by atoms with Gasteiger partial charge in [-0.15, -0.1) is 0 Å². The van der Waals surface area contributed by atoms with Crippen molar-refractivity contribution in [2.24, 2.45) is 5.11 Å². The van der Waals surface area contributed by atoms with Crippen LogP contribution >= 0.6 is 0 Å². The van der Waals surface area contributed by atoms with E-state index in [-0.39, 0.29) is 0 Å². The summed E-state index contributed by atoms with van der Waals surface area (Å²) in [6, 6.07) is 1.43. The molecular weight excluding hydrogens is 214 g/mol. The maximum Gasteiger partial charge on any atom is 0.0270 e. The van der Waals surface area contributed by atoms with Gasteiger partial charge >= 0.3 is 0 Å². The third kappa shape index (κ3) is 3.35. The van der Waals surface area contributed by atoms with Crippen molar-refractivity contribution in [3.05, 3.63) is 10.4 Å². The predicted octanol–water partition coefficient (Wildman–Crippen LogP) is 2.25. The zero-order chi connectivity index (χ0) is 12.1. The van der Waals surface area contributed by atoms with Crippen LogP contribution in [0.1, 0.15) is 32.6 Å². The number of azide groups is 1. The van der Waals surface area contributed by atoms with Crippen molar-refractivity contribution in [2.75, 3.05) is 32.7 Å². The molecule has 2 aliphatic rings. The minimum absolute atomic E-state index is 0.633. The van der Waals surface area contributed by atoms with Crippen molar-refractivity contribution in [1.82, 2.24) is 9.80 Å². The Morgan fingerprint density at radius 2 is 2.24 bits per heavy atom. The summed E-state index contributed by atoms with van der Waals surface area (Å²) in [5.41, 5.74) is 8.25. The Hall–Kier alpha value is -0.770. The number of piperidine rings is 1. The van der Waals surface area contributed by atoms with E-state index >= 15 is 0 Å². The molecule has 5 nitrogen and oxygen atoms in total. The average Bonchev–Trinajstić information content (AvgIpc) is 2.35. The average molecular weight is 237 g/mol. The molecule has 0 amide bonds. The van der Waals surface area contributed by atoms with Gasteiger partial charge in [-0.1, -0.05) is 11.5 Å². The molecule has 2 heterocycles. The fourth-order valence-corrected chi connectivity index (χ4v) is 3.11. The van der Waals surface area contributed by atoms with Crippen LogP contribution in [0.15, 0.2) is 5.11 Å². The summed E-state index contributed by atoms with van der Waals surface area (Å²) < 4.78 is 0. The molecule has 2 atom stereocenters. The van der Waals surface area contributed by atoms with Crippen LogP contribution in [0.2, 0.25) is 0 Å². The van der Waals surface area contributed by atoms with Crippen LogP contribution in [-0.2, 0) is 0 Å². The second-order valence-electron chi connectivity index (χ2n) is 5.30. The van der Waals surface area contributed by atoms with Crippen LogP contribution in [0, 0.1) is 0 Å². The van der Waals surface area contributed by atoms with E-state index < -0.39 is 0 Å². The molecular formula is C12H23N5. The van der Waals surface area contributed by atoms with E-state index in [1.54, 1.807) is 0 Å². The van der Waals surface area contributed by atoms with Crippen molar-refractivity contribution in [2.45, 2.75) is 44.7 Å². The zero-order valence-electron chi connectivity index (χ0n) is 10.8. The number of hydrogen-bond acceptors (Lipinski definition) is 3. The van der Waals surface area contributed by atoms with Crippen LogP contribution in [0.3, 0.4) is 0 Å². The summed E-state index contributed by atoms with van der Waals surface area (Å²) in [7, 11) is 0. The second-order valence-corrected chi connectivity index (χ2v) is 5.30. The van der Waals surface area contributed by atoms with Crippen molar-refractivity contribution in [3.63, 3.8) is 0 Å². The van der Waals surface area contributed by atoms with Gasteiger partial charge in [-0.3, -0.25) is 9.80 Å². The van der Waals surface area contributed by atoms with Gasteiger partial charge in [-0.05, 0) is 44.8 Å². The molecule has 0 N–H and O–H groups in total. The normalized spacial score (nSPS) is 30.6. The molecule has 96 valence electrons. The van der Waals surface area contributed by atoms with E-state index in [4.69, 9.17) is 5.53 Å². The van der Waals surface area contributed by atoms with Gasteiger partial charge in [0.05, 0.1) is 0 Å². The van der Waals surface area contributed by atoms with Gasteiger partial charge in [0.15, 0.2) is 0 Å². The summed E-state index contributed by atoms with van der Waals surface area (Å²) in [4.78, 5) is 8.03. The largest absolute Gasteiger partial charge is 0.298 e. The zero-order valence-corrected chi connectivity index (χ0v) is 10.8. The Morgan fingerprint density at radius 3 is 3.06 bits per heavy atom. The number of hydrogen-bond donors (Lipinski definition) is 0. The summed E-state index contributed by atoms with van der Waals surface area (Å²) in [6.45, 7) is 7.74. The highest BCUT2D eigenvalue weighted by atomic mass is 15.3. The fraction of sp³-hybridized carbons (Fsp3) is 1.00. The predicted molar refractivity (Wildman–Crippen MR) is 68.9 cm³/mol. The Labute approximate surface area is 103 Å². The summed E-state index contributed by atoms with van der Waals surface area (Å²) in [5.74, 6) is 0. The van der Waals surface area contributed by atoms with Gasteiger partial charge in [0.25, 0.3) is 0 Å². The lowest BCUT2D eigenvalue weighted by Crippen LogP contribution is -2.58. The first-order valence-corrected chi connectivity index (χ1v) is 6.80. The topological polar surface area (TPSA) is 55.2 Å². The highest BCUT2D eigenvalue weighted by Crippen LogP contribution is 2.23. The van der Waals surface area contributed by atoms with Crippen molar-refractivity contribution in [1.29, 1.82) is 0 Å². The number of nitrogens with zero attached hydrogens (tertiary/aromatic N) is 5. The minimum Gasteiger partial charge on any atom is -0.298 e. The van der Waals surface area contributed by atoms with E-state index in [0.717, 1.165) is 19.0 Å². The van der Waals surface area contributed by atoms with Gasteiger partial charge in [0.2, 0.25) is 0 Å². The van der Waals surface area contributed by atoms with E-state index in [9.17, 15) is 0 Å². The van der Waals surface area contributed by atoms with Crippen LogP contribution in [0.25, 0.3) is 10.4 Å². The van der Waals surface area contributed by atoms with Crippen molar-refractivity contribution < 1.29 is 0 Å². The molecule has 2 unspecified atom stereocenters. The maximum atomic E-state index is 8.25. The van der Waals surface area contributed by atoms with Gasteiger partial charge in [0, 0.05) is 36.6 Å². The lowest BCUT2D eigenvalue weighted by molar-refractivity contribution is 0.0152. The highest BCUT2D eigenvalue weighted by molar-refractivity contribution is 4.88. The third-order valence-corrected chi connectivity index (χ3v) is 4.08. The third-order valence-electron chi connectivity index (χ3n) is 4.08. The molecule has 0 spiro atoms. The van der Waals surface area contributed by atoms with Crippen molar-refractivity contribution >= 4 is 0 Å². The molecule has 0 aromatic rings. The molecule has 0 aromatic heterocycles. The monoisotopic (exact) mass is 237 g/mol. The minimum atomic E-state index is 0.633.